The molecule has 0 aliphatic heterocycles. The molecule has 0 saturated heterocycles. The molecule has 122 valence electrons. The van der Waals surface area contributed by atoms with Crippen molar-refractivity contribution in [3.8, 4) is 0 Å². The van der Waals surface area contributed by atoms with Gasteiger partial charge in [-0.2, -0.15) is 0 Å². The Hall–Kier alpha value is -2.74. The van der Waals surface area contributed by atoms with Crippen LogP contribution >= 0.6 is 0 Å². The number of anilines is 1. The van der Waals surface area contributed by atoms with Crippen molar-refractivity contribution in [1.29, 1.82) is 0 Å². The largest absolute Gasteiger partial charge is 0.466 e. The van der Waals surface area contributed by atoms with Crippen molar-refractivity contribution in [2.75, 3.05) is 11.9 Å². The van der Waals surface area contributed by atoms with Crippen molar-refractivity contribution in [1.82, 2.24) is 5.32 Å². The number of carbonyl (C=O) groups excluding carboxylic acids is 2. The van der Waals surface area contributed by atoms with Gasteiger partial charge in [-0.15, -0.1) is 0 Å². The van der Waals surface area contributed by atoms with Crippen LogP contribution in [-0.4, -0.2) is 23.5 Å². The Bertz CT molecular complexity index is 714. The topological polar surface area (TPSA) is 91.6 Å². The number of benzene rings is 1. The highest BCUT2D eigenvalue weighted by Gasteiger charge is 2.28. The normalized spacial score (nSPS) is 13.2. The van der Waals surface area contributed by atoms with E-state index in [1.807, 2.05) is 5.32 Å². The van der Waals surface area contributed by atoms with E-state index in [9.17, 15) is 23.5 Å². The van der Waals surface area contributed by atoms with E-state index in [2.05, 4.69) is 5.32 Å². The molecule has 0 bridgehead atoms. The fourth-order valence-corrected chi connectivity index (χ4v) is 1.77. The summed E-state index contributed by atoms with van der Waals surface area (Å²) in [7, 11) is 0. The molecule has 6 nitrogen and oxygen atoms in total. The minimum atomic E-state index is -1.51. The minimum Gasteiger partial charge on any atom is -0.466 e. The predicted molar refractivity (Wildman–Crippen MR) is 76.3 cm³/mol. The molecule has 8 heteroatoms. The highest BCUT2D eigenvalue weighted by Crippen LogP contribution is 2.19. The van der Waals surface area contributed by atoms with Gasteiger partial charge in [0.15, 0.2) is 0 Å². The maximum Gasteiger partial charge on any atom is 0.313 e. The zero-order valence-corrected chi connectivity index (χ0v) is 12.1. The number of rotatable bonds is 4. The SMILES string of the molecule is C[C@](O)(CNC(=O)C(=O)Nc1ccc(F)cc1F)c1ccco1. The molecule has 1 aromatic heterocycles. The number of halogens is 2. The zero-order valence-electron chi connectivity index (χ0n) is 12.1. The van der Waals surface area contributed by atoms with Crippen LogP contribution in [0.1, 0.15) is 12.7 Å². The molecule has 0 spiro atoms. The van der Waals surface area contributed by atoms with Crippen LogP contribution in [-0.2, 0) is 15.2 Å². The van der Waals surface area contributed by atoms with Gasteiger partial charge >= 0.3 is 11.8 Å². The Kier molecular flexibility index (Phi) is 4.75. The molecule has 0 saturated carbocycles. The first-order valence-electron chi connectivity index (χ1n) is 6.60. The van der Waals surface area contributed by atoms with E-state index in [1.54, 1.807) is 6.07 Å². The average molecular weight is 324 g/mol. The van der Waals surface area contributed by atoms with Crippen molar-refractivity contribution in [3.63, 3.8) is 0 Å². The molecule has 3 N–H and O–H groups in total. The Morgan fingerprint density at radius 2 is 2.00 bits per heavy atom. The predicted octanol–water partition coefficient (Wildman–Crippen LogP) is 1.52. The lowest BCUT2D eigenvalue weighted by Crippen LogP contribution is -2.43. The number of aliphatic hydroxyl groups is 1. The van der Waals surface area contributed by atoms with Gasteiger partial charge in [-0.3, -0.25) is 9.59 Å². The second kappa shape index (κ2) is 6.57. The molecular weight excluding hydrogens is 310 g/mol. The lowest BCUT2D eigenvalue weighted by Gasteiger charge is -2.20. The quantitative estimate of drug-likeness (QED) is 0.744. The van der Waals surface area contributed by atoms with E-state index < -0.39 is 29.0 Å². The molecule has 0 fully saturated rings. The van der Waals surface area contributed by atoms with E-state index >= 15 is 0 Å². The molecule has 0 radical (unpaired) electrons. The summed E-state index contributed by atoms with van der Waals surface area (Å²) in [5.74, 6) is -3.83. The van der Waals surface area contributed by atoms with Crippen molar-refractivity contribution in [2.45, 2.75) is 12.5 Å². The van der Waals surface area contributed by atoms with Gasteiger partial charge in [0, 0.05) is 6.07 Å². The van der Waals surface area contributed by atoms with Crippen molar-refractivity contribution < 1.29 is 27.9 Å². The van der Waals surface area contributed by atoms with Crippen LogP contribution in [0.3, 0.4) is 0 Å². The maximum atomic E-state index is 13.4. The van der Waals surface area contributed by atoms with E-state index in [-0.39, 0.29) is 18.0 Å². The molecule has 1 atom stereocenters. The maximum absolute atomic E-state index is 13.4. The summed E-state index contributed by atoms with van der Waals surface area (Å²) in [6.45, 7) is 1.10. The van der Waals surface area contributed by atoms with Crippen LogP contribution in [0.5, 0.6) is 0 Å². The van der Waals surface area contributed by atoms with E-state index in [1.165, 1.54) is 19.3 Å². The standard InChI is InChI=1S/C15H14F2N2O4/c1-15(22,12-3-2-6-23-12)8-18-13(20)14(21)19-11-5-4-9(16)7-10(11)17/h2-7,22H,8H2,1H3,(H,18,20)(H,19,21)/t15-/m0/s1. The first-order valence-corrected chi connectivity index (χ1v) is 6.60. The Morgan fingerprint density at radius 1 is 1.26 bits per heavy atom. The first-order chi connectivity index (χ1) is 10.8. The molecule has 2 rings (SSSR count). The van der Waals surface area contributed by atoms with Crippen LogP contribution in [0.2, 0.25) is 0 Å². The number of furan rings is 1. The van der Waals surface area contributed by atoms with Crippen LogP contribution < -0.4 is 10.6 Å². The molecule has 1 aromatic carbocycles. The minimum absolute atomic E-state index is 0.211. The number of hydrogen-bond acceptors (Lipinski definition) is 4. The van der Waals surface area contributed by atoms with Gasteiger partial charge in [0.05, 0.1) is 18.5 Å². The zero-order chi connectivity index (χ0) is 17.0. The van der Waals surface area contributed by atoms with E-state index in [4.69, 9.17) is 4.42 Å². The van der Waals surface area contributed by atoms with Crippen LogP contribution in [0.15, 0.2) is 41.0 Å². The van der Waals surface area contributed by atoms with Crippen LogP contribution in [0, 0.1) is 11.6 Å². The summed E-state index contributed by atoms with van der Waals surface area (Å²) >= 11 is 0. The van der Waals surface area contributed by atoms with Crippen molar-refractivity contribution >= 4 is 17.5 Å². The first kappa shape index (κ1) is 16.6. The Balaban J connectivity index is 1.94. The summed E-state index contributed by atoms with van der Waals surface area (Å²) < 4.78 is 31.2. The van der Waals surface area contributed by atoms with E-state index in [0.29, 0.717) is 6.07 Å². The molecule has 2 aromatic rings. The fourth-order valence-electron chi connectivity index (χ4n) is 1.77. The third-order valence-corrected chi connectivity index (χ3v) is 3.03. The number of nitrogens with one attached hydrogen (secondary N) is 2. The van der Waals surface area contributed by atoms with Crippen molar-refractivity contribution in [2.24, 2.45) is 0 Å². The molecule has 0 aliphatic carbocycles. The average Bonchev–Trinajstić information content (AvgIpc) is 3.02. The van der Waals surface area contributed by atoms with Gasteiger partial charge in [-0.25, -0.2) is 8.78 Å². The fraction of sp³-hybridized carbons (Fsp3) is 0.200. The lowest BCUT2D eigenvalue weighted by molar-refractivity contribution is -0.136. The van der Waals surface area contributed by atoms with Crippen molar-refractivity contribution in [3.05, 3.63) is 54.0 Å². The Morgan fingerprint density at radius 3 is 2.61 bits per heavy atom. The number of hydrogen-bond donors (Lipinski definition) is 3. The summed E-state index contributed by atoms with van der Waals surface area (Å²) in [5, 5.41) is 14.3. The molecule has 0 aliphatic rings. The Labute approximate surface area is 130 Å². The monoisotopic (exact) mass is 324 g/mol. The number of carbonyl (C=O) groups is 2. The van der Waals surface area contributed by atoms with E-state index in [0.717, 1.165) is 12.1 Å². The summed E-state index contributed by atoms with van der Waals surface area (Å²) in [4.78, 5) is 23.3. The van der Waals surface area contributed by atoms with Crippen LogP contribution in [0.25, 0.3) is 0 Å². The van der Waals surface area contributed by atoms with Gasteiger partial charge in [-0.05, 0) is 31.2 Å². The van der Waals surface area contributed by atoms with Gasteiger partial charge in [-0.1, -0.05) is 0 Å². The summed E-state index contributed by atoms with van der Waals surface area (Å²) in [5.41, 5.74) is -1.84. The van der Waals surface area contributed by atoms with Gasteiger partial charge < -0.3 is 20.2 Å². The van der Waals surface area contributed by atoms with Crippen LogP contribution in [0.4, 0.5) is 14.5 Å². The van der Waals surface area contributed by atoms with Gasteiger partial charge in [0.25, 0.3) is 0 Å². The summed E-state index contributed by atoms with van der Waals surface area (Å²) in [6, 6.07) is 5.60. The lowest BCUT2D eigenvalue weighted by atomic mass is 10.0. The smallest absolute Gasteiger partial charge is 0.313 e. The molecule has 1 heterocycles. The highest BCUT2D eigenvalue weighted by atomic mass is 19.1. The third kappa shape index (κ3) is 4.13. The highest BCUT2D eigenvalue weighted by molar-refractivity contribution is 6.39. The van der Waals surface area contributed by atoms with Gasteiger partial charge in [0.2, 0.25) is 0 Å². The molecular formula is C15H14F2N2O4. The second-order valence-corrected chi connectivity index (χ2v) is 5.01. The number of amides is 2. The summed E-state index contributed by atoms with van der Waals surface area (Å²) in [6.07, 6.45) is 1.36. The molecule has 0 unspecified atom stereocenters. The second-order valence-electron chi connectivity index (χ2n) is 5.01. The third-order valence-electron chi connectivity index (χ3n) is 3.03. The molecule has 23 heavy (non-hydrogen) atoms. The van der Waals surface area contributed by atoms with Gasteiger partial charge in [0.1, 0.15) is 23.0 Å². The molecule has 2 amide bonds.